The molecule has 0 spiro atoms. The smallest absolute Gasteiger partial charge is 0.0839 e. The molecular formula is C59H108O10. The summed E-state index contributed by atoms with van der Waals surface area (Å²) in [5, 5.41) is 48.8. The molecule has 404 valence electrons. The minimum absolute atomic E-state index is 0.0224. The summed E-state index contributed by atoms with van der Waals surface area (Å²) in [6, 6.07) is 0. The minimum atomic E-state index is -0.306. The maximum Gasteiger partial charge on any atom is 0.0839 e. The Bertz CT molecular complexity index is 1310. The van der Waals surface area contributed by atoms with Crippen molar-refractivity contribution in [3.63, 3.8) is 0 Å². The summed E-state index contributed by atoms with van der Waals surface area (Å²) in [4.78, 5) is 0. The molecule has 5 saturated carbocycles. The highest BCUT2D eigenvalue weighted by molar-refractivity contribution is 4.92. The van der Waals surface area contributed by atoms with Gasteiger partial charge in [0.2, 0.25) is 0 Å². The molecule has 0 amide bonds. The summed E-state index contributed by atoms with van der Waals surface area (Å²) in [6.45, 7) is 38.8. The van der Waals surface area contributed by atoms with E-state index in [9.17, 15) is 25.5 Å². The van der Waals surface area contributed by atoms with Crippen LogP contribution in [-0.4, -0.2) is 119 Å². The van der Waals surface area contributed by atoms with E-state index >= 15 is 0 Å². The molecular weight excluding hydrogens is 869 g/mol. The van der Waals surface area contributed by atoms with Crippen LogP contribution in [0, 0.1) is 41.4 Å². The second-order valence-electron chi connectivity index (χ2n) is 21.7. The Kier molecular flexibility index (Phi) is 36.8. The minimum Gasteiger partial charge on any atom is -0.390 e. The molecule has 10 heteroatoms. The van der Waals surface area contributed by atoms with E-state index in [1.54, 1.807) is 0 Å². The molecule has 10 nitrogen and oxygen atoms in total. The Balaban J connectivity index is 0.000000431. The van der Waals surface area contributed by atoms with E-state index in [2.05, 4.69) is 74.4 Å². The van der Waals surface area contributed by atoms with Crippen molar-refractivity contribution in [2.75, 3.05) is 26.4 Å². The zero-order chi connectivity index (χ0) is 51.7. The standard InChI is InChI=1S/4C12H22O2.C11H20O2/c1-4-10-5-6-12(11(13)7-10)14-8-9(2)3;1-4-10-5-6-11(13)12(7-10)14-8-9(2)3;1-3-5-8-14-12-7-6-10(4-2)9-11(12)13;1-3-5-8-14-12-9-10(4-2)6-7-11(12)13;1-4-9-5-6-11(10(12)7-9)13-8(2)3/h2*4,9-13H,1,5-8H2,2-3H3;2*4,10-13H,2-3,5-9H2,1H3;4,8-12H,1,5-7H2,2-3H3. The summed E-state index contributed by atoms with van der Waals surface area (Å²) in [5.41, 5.74) is 0. The molecule has 0 bridgehead atoms. The SMILES string of the molecule is C=CC1CCC(O)C(OCC(C)C)C1.C=CC1CCC(O)C(OCCCC)C1.C=CC1CCC(OC(C)C)C(O)C1.C=CC1CCC(OCC(C)C)C(O)C1.C=CC1CCC(OCCCC)C(O)C1. The van der Waals surface area contributed by atoms with E-state index in [0.29, 0.717) is 41.4 Å². The van der Waals surface area contributed by atoms with Crippen molar-refractivity contribution < 1.29 is 49.2 Å². The number of aliphatic hydroxyl groups excluding tert-OH is 5. The Hall–Kier alpha value is -1.70. The quantitative estimate of drug-likeness (QED) is 0.0556. The zero-order valence-electron chi connectivity index (χ0n) is 45.4. The molecule has 0 aromatic carbocycles. The average molecular weight is 978 g/mol. The third-order valence-electron chi connectivity index (χ3n) is 14.0. The van der Waals surface area contributed by atoms with Crippen LogP contribution in [0.1, 0.15) is 177 Å². The van der Waals surface area contributed by atoms with Crippen molar-refractivity contribution in [2.24, 2.45) is 41.4 Å². The van der Waals surface area contributed by atoms with Crippen molar-refractivity contribution in [1.29, 1.82) is 0 Å². The first-order valence-electron chi connectivity index (χ1n) is 27.6. The molecule has 0 radical (unpaired) electrons. The Morgan fingerprint density at radius 1 is 0.391 bits per heavy atom. The molecule has 69 heavy (non-hydrogen) atoms. The number of aliphatic hydroxyl groups is 5. The zero-order valence-corrected chi connectivity index (χ0v) is 45.4. The normalized spacial score (nSPS) is 33.4. The summed E-state index contributed by atoms with van der Waals surface area (Å²) in [6.07, 6.45) is 27.6. The second kappa shape index (κ2) is 38.9. The van der Waals surface area contributed by atoms with Crippen molar-refractivity contribution in [3.8, 4) is 0 Å². The van der Waals surface area contributed by atoms with Gasteiger partial charge in [0.15, 0.2) is 0 Å². The van der Waals surface area contributed by atoms with Crippen molar-refractivity contribution in [1.82, 2.24) is 0 Å². The lowest BCUT2D eigenvalue weighted by Crippen LogP contribution is -2.36. The van der Waals surface area contributed by atoms with Crippen LogP contribution < -0.4 is 0 Å². The van der Waals surface area contributed by atoms with Gasteiger partial charge in [0.25, 0.3) is 0 Å². The number of ether oxygens (including phenoxy) is 5. The molecule has 0 heterocycles. The highest BCUT2D eigenvalue weighted by Gasteiger charge is 2.32. The van der Waals surface area contributed by atoms with Gasteiger partial charge in [0, 0.05) is 26.4 Å². The van der Waals surface area contributed by atoms with Gasteiger partial charge in [0.05, 0.1) is 67.1 Å². The van der Waals surface area contributed by atoms with Crippen LogP contribution in [0.3, 0.4) is 0 Å². The third-order valence-corrected chi connectivity index (χ3v) is 14.0. The number of unbranched alkanes of at least 4 members (excludes halogenated alkanes) is 2. The van der Waals surface area contributed by atoms with E-state index < -0.39 is 0 Å². The largest absolute Gasteiger partial charge is 0.390 e. The van der Waals surface area contributed by atoms with Gasteiger partial charge in [-0.2, -0.15) is 0 Å². The van der Waals surface area contributed by atoms with Gasteiger partial charge in [-0.25, -0.2) is 0 Å². The third kappa shape index (κ3) is 29.0. The fraction of sp³-hybridized carbons (Fsp3) is 0.831. The predicted octanol–water partition coefficient (Wildman–Crippen LogP) is 11.9. The highest BCUT2D eigenvalue weighted by atomic mass is 16.5. The Labute approximate surface area is 423 Å². The molecule has 0 aromatic heterocycles. The van der Waals surface area contributed by atoms with Gasteiger partial charge in [0.1, 0.15) is 0 Å². The number of hydrogen-bond donors (Lipinski definition) is 5. The molecule has 0 aliphatic heterocycles. The first-order valence-corrected chi connectivity index (χ1v) is 27.6. The van der Waals surface area contributed by atoms with Gasteiger partial charge in [-0.1, -0.05) is 84.8 Å². The molecule has 5 fully saturated rings. The monoisotopic (exact) mass is 977 g/mol. The lowest BCUT2D eigenvalue weighted by atomic mass is 9.85. The maximum absolute atomic E-state index is 9.81. The Morgan fingerprint density at radius 3 is 1.03 bits per heavy atom. The number of rotatable bonds is 21. The van der Waals surface area contributed by atoms with Gasteiger partial charge < -0.3 is 49.2 Å². The average Bonchev–Trinajstić information content (AvgIpc) is 3.33. The summed E-state index contributed by atoms with van der Waals surface area (Å²) >= 11 is 0. The fourth-order valence-electron chi connectivity index (χ4n) is 9.46. The molecule has 5 aliphatic rings. The summed E-state index contributed by atoms with van der Waals surface area (Å²) in [5.74, 6) is 3.56. The Morgan fingerprint density at radius 2 is 0.696 bits per heavy atom. The molecule has 0 saturated heterocycles. The molecule has 5 N–H and O–H groups in total. The molecule has 5 aliphatic carbocycles. The first-order chi connectivity index (χ1) is 32.9. The topological polar surface area (TPSA) is 147 Å². The van der Waals surface area contributed by atoms with Crippen LogP contribution in [0.25, 0.3) is 0 Å². The van der Waals surface area contributed by atoms with Gasteiger partial charge >= 0.3 is 0 Å². The molecule has 0 aromatic rings. The summed E-state index contributed by atoms with van der Waals surface area (Å²) in [7, 11) is 0. The summed E-state index contributed by atoms with van der Waals surface area (Å²) < 4.78 is 28.3. The van der Waals surface area contributed by atoms with Crippen LogP contribution in [0.5, 0.6) is 0 Å². The van der Waals surface area contributed by atoms with Crippen LogP contribution >= 0.6 is 0 Å². The van der Waals surface area contributed by atoms with Crippen LogP contribution in [-0.2, 0) is 23.7 Å². The lowest BCUT2D eigenvalue weighted by molar-refractivity contribution is -0.0890. The van der Waals surface area contributed by atoms with Crippen LogP contribution in [0.2, 0.25) is 0 Å². The molecule has 15 atom stereocenters. The van der Waals surface area contributed by atoms with E-state index in [1.165, 1.54) is 0 Å². The van der Waals surface area contributed by atoms with E-state index in [4.69, 9.17) is 23.7 Å². The van der Waals surface area contributed by atoms with Crippen molar-refractivity contribution in [2.45, 2.75) is 245 Å². The fourth-order valence-corrected chi connectivity index (χ4v) is 9.46. The first kappa shape index (κ1) is 65.3. The van der Waals surface area contributed by atoms with Crippen LogP contribution in [0.4, 0.5) is 0 Å². The second-order valence-corrected chi connectivity index (χ2v) is 21.7. The maximum atomic E-state index is 9.81. The number of allylic oxidation sites excluding steroid dienone is 5. The molecule has 15 unspecified atom stereocenters. The van der Waals surface area contributed by atoms with Gasteiger partial charge in [-0.05, 0) is 164 Å². The van der Waals surface area contributed by atoms with Gasteiger partial charge in [-0.15, -0.1) is 32.9 Å². The van der Waals surface area contributed by atoms with Crippen molar-refractivity contribution >= 4 is 0 Å². The van der Waals surface area contributed by atoms with E-state index in [0.717, 1.165) is 148 Å². The van der Waals surface area contributed by atoms with Crippen LogP contribution in [0.15, 0.2) is 63.3 Å². The lowest BCUT2D eigenvalue weighted by Gasteiger charge is -2.32. The van der Waals surface area contributed by atoms with E-state index in [1.807, 2.05) is 44.2 Å². The van der Waals surface area contributed by atoms with Gasteiger partial charge in [-0.3, -0.25) is 0 Å². The number of hydrogen-bond acceptors (Lipinski definition) is 10. The predicted molar refractivity (Wildman–Crippen MR) is 286 cm³/mol. The highest BCUT2D eigenvalue weighted by Crippen LogP contribution is 2.31. The van der Waals surface area contributed by atoms with E-state index in [-0.39, 0.29) is 67.1 Å². The molecule has 5 rings (SSSR count). The van der Waals surface area contributed by atoms with Crippen molar-refractivity contribution in [3.05, 3.63) is 63.3 Å².